The smallest absolute Gasteiger partial charge is 0.223 e. The van der Waals surface area contributed by atoms with E-state index in [1.165, 1.54) is 17.0 Å². The predicted octanol–water partition coefficient (Wildman–Crippen LogP) is 2.79. The summed E-state index contributed by atoms with van der Waals surface area (Å²) < 4.78 is 13.2. The van der Waals surface area contributed by atoms with Gasteiger partial charge in [-0.3, -0.25) is 14.7 Å². The number of carbonyl (C=O) groups excluding carboxylic acids is 2. The molecule has 2 amide bonds. The summed E-state index contributed by atoms with van der Waals surface area (Å²) in [6, 6.07) is 6.35. The Labute approximate surface area is 158 Å². The van der Waals surface area contributed by atoms with Gasteiger partial charge in [-0.2, -0.15) is 5.10 Å². The zero-order valence-corrected chi connectivity index (χ0v) is 15.7. The molecule has 0 bridgehead atoms. The molecule has 27 heavy (non-hydrogen) atoms. The Kier molecular flexibility index (Phi) is 5.88. The molecule has 0 saturated carbocycles. The van der Waals surface area contributed by atoms with Crippen molar-refractivity contribution in [2.45, 2.75) is 31.6 Å². The van der Waals surface area contributed by atoms with E-state index in [9.17, 15) is 14.0 Å². The average molecular weight is 372 g/mol. The van der Waals surface area contributed by atoms with Gasteiger partial charge < -0.3 is 9.80 Å². The van der Waals surface area contributed by atoms with Crippen LogP contribution in [0.3, 0.4) is 0 Å². The van der Waals surface area contributed by atoms with Crippen LogP contribution in [0.1, 0.15) is 37.3 Å². The van der Waals surface area contributed by atoms with Crippen LogP contribution in [0.25, 0.3) is 11.1 Å². The maximum Gasteiger partial charge on any atom is 0.223 e. The van der Waals surface area contributed by atoms with Crippen molar-refractivity contribution in [1.82, 2.24) is 20.0 Å². The monoisotopic (exact) mass is 372 g/mol. The Morgan fingerprint density at radius 2 is 2.00 bits per heavy atom. The first kappa shape index (κ1) is 19.1. The first-order valence-corrected chi connectivity index (χ1v) is 9.23. The van der Waals surface area contributed by atoms with Crippen molar-refractivity contribution >= 4 is 11.8 Å². The molecule has 1 atom stereocenters. The molecule has 144 valence electrons. The minimum absolute atomic E-state index is 0.0118. The summed E-state index contributed by atoms with van der Waals surface area (Å²) in [6.45, 7) is 1.32. The van der Waals surface area contributed by atoms with Crippen LogP contribution in [0.4, 0.5) is 4.39 Å². The van der Waals surface area contributed by atoms with E-state index in [1.54, 1.807) is 32.4 Å². The molecule has 1 aliphatic rings. The third kappa shape index (κ3) is 4.53. The lowest BCUT2D eigenvalue weighted by molar-refractivity contribution is -0.136. The number of likely N-dealkylation sites (tertiary alicyclic amines) is 1. The molecule has 7 heteroatoms. The molecule has 1 N–H and O–H groups in total. The quantitative estimate of drug-likeness (QED) is 0.877. The minimum atomic E-state index is -0.273. The number of amides is 2. The third-order valence-corrected chi connectivity index (χ3v) is 5.06. The second kappa shape index (κ2) is 8.33. The second-order valence-corrected chi connectivity index (χ2v) is 7.17. The lowest BCUT2D eigenvalue weighted by Crippen LogP contribution is -2.39. The van der Waals surface area contributed by atoms with Gasteiger partial charge in [-0.25, -0.2) is 4.39 Å². The van der Waals surface area contributed by atoms with Gasteiger partial charge in [0.15, 0.2) is 0 Å². The molecule has 1 unspecified atom stereocenters. The van der Waals surface area contributed by atoms with Crippen molar-refractivity contribution in [3.63, 3.8) is 0 Å². The Bertz CT molecular complexity index is 801. The maximum absolute atomic E-state index is 13.2. The van der Waals surface area contributed by atoms with Gasteiger partial charge in [0.05, 0.1) is 6.20 Å². The first-order chi connectivity index (χ1) is 13.0. The average Bonchev–Trinajstić information content (AvgIpc) is 3.16. The van der Waals surface area contributed by atoms with E-state index in [0.717, 1.165) is 29.7 Å². The summed E-state index contributed by atoms with van der Waals surface area (Å²) in [5.74, 6) is -0.151. The topological polar surface area (TPSA) is 69.3 Å². The highest BCUT2D eigenvalue weighted by Gasteiger charge is 2.27. The molecule has 2 heterocycles. The van der Waals surface area contributed by atoms with E-state index in [1.807, 2.05) is 4.90 Å². The molecule has 1 fully saturated rings. The fourth-order valence-electron chi connectivity index (χ4n) is 3.50. The zero-order chi connectivity index (χ0) is 19.4. The number of nitrogens with zero attached hydrogens (tertiary/aromatic N) is 3. The summed E-state index contributed by atoms with van der Waals surface area (Å²) >= 11 is 0. The highest BCUT2D eigenvalue weighted by atomic mass is 19.1. The molecule has 1 aromatic heterocycles. The number of hydrogen-bond donors (Lipinski definition) is 1. The summed E-state index contributed by atoms with van der Waals surface area (Å²) in [5, 5.41) is 7.24. The maximum atomic E-state index is 13.2. The summed E-state index contributed by atoms with van der Waals surface area (Å²) in [6.07, 6.45) is 4.07. The number of aromatic nitrogens is 2. The largest absolute Gasteiger partial charge is 0.349 e. The number of hydrogen-bond acceptors (Lipinski definition) is 3. The van der Waals surface area contributed by atoms with Gasteiger partial charge in [-0.15, -0.1) is 0 Å². The number of H-pyrrole nitrogens is 1. The normalized spacial score (nSPS) is 17.0. The van der Waals surface area contributed by atoms with E-state index in [2.05, 4.69) is 10.2 Å². The standard InChI is InChI=1S/C20H25FN4O2/c1-24(2)18(26)9-10-19(27)25-11-3-4-15(13-25)20-17(12-22-23-20)14-5-7-16(21)8-6-14/h5-8,12,15H,3-4,9-11,13H2,1-2H3,(H,22,23). The van der Waals surface area contributed by atoms with Gasteiger partial charge in [0.25, 0.3) is 0 Å². The van der Waals surface area contributed by atoms with Crippen molar-refractivity contribution < 1.29 is 14.0 Å². The molecule has 2 aromatic rings. The molecule has 6 nitrogen and oxygen atoms in total. The van der Waals surface area contributed by atoms with E-state index in [0.29, 0.717) is 13.1 Å². The van der Waals surface area contributed by atoms with Crippen molar-refractivity contribution in [3.8, 4) is 11.1 Å². The molecule has 0 radical (unpaired) electrons. The van der Waals surface area contributed by atoms with Crippen LogP contribution in [0.15, 0.2) is 30.5 Å². The van der Waals surface area contributed by atoms with Crippen LogP contribution in [0.2, 0.25) is 0 Å². The van der Waals surface area contributed by atoms with Crippen molar-refractivity contribution in [1.29, 1.82) is 0 Å². The molecule has 3 rings (SSSR count). The summed E-state index contributed by atoms with van der Waals surface area (Å²) in [4.78, 5) is 27.6. The number of carbonyl (C=O) groups is 2. The van der Waals surface area contributed by atoms with Gasteiger partial charge in [0, 0.05) is 57.2 Å². The first-order valence-electron chi connectivity index (χ1n) is 9.23. The SMILES string of the molecule is CN(C)C(=O)CCC(=O)N1CCCC(c2[nH]ncc2-c2ccc(F)cc2)C1. The zero-order valence-electron chi connectivity index (χ0n) is 15.7. The van der Waals surface area contributed by atoms with Crippen molar-refractivity contribution in [2.24, 2.45) is 0 Å². The Morgan fingerprint density at radius 3 is 2.70 bits per heavy atom. The number of halogens is 1. The number of aromatic amines is 1. The molecule has 0 spiro atoms. The number of benzene rings is 1. The van der Waals surface area contributed by atoms with Crippen molar-refractivity contribution in [3.05, 3.63) is 42.0 Å². The molecular weight excluding hydrogens is 347 g/mol. The fourth-order valence-corrected chi connectivity index (χ4v) is 3.50. The van der Waals surface area contributed by atoms with E-state index < -0.39 is 0 Å². The van der Waals surface area contributed by atoms with E-state index in [-0.39, 0.29) is 36.4 Å². The number of piperidine rings is 1. The van der Waals surface area contributed by atoms with E-state index in [4.69, 9.17) is 0 Å². The fraction of sp³-hybridized carbons (Fsp3) is 0.450. The predicted molar refractivity (Wildman–Crippen MR) is 100 cm³/mol. The number of rotatable bonds is 5. The molecular formula is C20H25FN4O2. The Hall–Kier alpha value is -2.70. The van der Waals surface area contributed by atoms with Gasteiger partial charge in [-0.1, -0.05) is 12.1 Å². The number of nitrogens with one attached hydrogen (secondary N) is 1. The van der Waals surface area contributed by atoms with Crippen LogP contribution < -0.4 is 0 Å². The highest BCUT2D eigenvalue weighted by molar-refractivity contribution is 5.83. The Morgan fingerprint density at radius 1 is 1.26 bits per heavy atom. The molecule has 0 aliphatic carbocycles. The lowest BCUT2D eigenvalue weighted by Gasteiger charge is -2.33. The van der Waals surface area contributed by atoms with Gasteiger partial charge >= 0.3 is 0 Å². The van der Waals surface area contributed by atoms with Crippen molar-refractivity contribution in [2.75, 3.05) is 27.2 Å². The van der Waals surface area contributed by atoms with Gasteiger partial charge in [0.1, 0.15) is 5.82 Å². The van der Waals surface area contributed by atoms with Crippen LogP contribution in [0.5, 0.6) is 0 Å². The Balaban J connectivity index is 1.68. The summed E-state index contributed by atoms with van der Waals surface area (Å²) in [7, 11) is 3.39. The van der Waals surface area contributed by atoms with Gasteiger partial charge in [0.2, 0.25) is 11.8 Å². The summed E-state index contributed by atoms with van der Waals surface area (Å²) in [5.41, 5.74) is 2.82. The van der Waals surface area contributed by atoms with Crippen LogP contribution >= 0.6 is 0 Å². The lowest BCUT2D eigenvalue weighted by atomic mass is 9.90. The highest BCUT2D eigenvalue weighted by Crippen LogP contribution is 2.33. The van der Waals surface area contributed by atoms with Gasteiger partial charge in [-0.05, 0) is 30.5 Å². The third-order valence-electron chi connectivity index (χ3n) is 5.06. The molecule has 1 aliphatic heterocycles. The van der Waals surface area contributed by atoms with Crippen LogP contribution in [0, 0.1) is 5.82 Å². The second-order valence-electron chi connectivity index (χ2n) is 7.17. The van der Waals surface area contributed by atoms with Crippen LogP contribution in [-0.2, 0) is 9.59 Å². The van der Waals surface area contributed by atoms with Crippen LogP contribution in [-0.4, -0.2) is 59.0 Å². The molecule has 1 saturated heterocycles. The van der Waals surface area contributed by atoms with E-state index >= 15 is 0 Å². The molecule has 1 aromatic carbocycles. The minimum Gasteiger partial charge on any atom is -0.349 e.